The molecule has 0 unspecified atom stereocenters. The van der Waals surface area contributed by atoms with E-state index >= 15 is 0 Å². The third-order valence-electron chi connectivity index (χ3n) is 5.40. The number of carbonyl (C=O) groups is 1. The molecule has 1 heterocycles. The first-order valence-electron chi connectivity index (χ1n) is 9.00. The second kappa shape index (κ2) is 6.79. The van der Waals surface area contributed by atoms with Crippen LogP contribution in [-0.4, -0.2) is 15.8 Å². The van der Waals surface area contributed by atoms with Crippen LogP contribution in [0.4, 0.5) is 11.4 Å². The molecule has 4 rings (SSSR count). The van der Waals surface area contributed by atoms with Crippen LogP contribution in [0.5, 0.6) is 0 Å². The maximum atomic E-state index is 13.3. The van der Waals surface area contributed by atoms with Gasteiger partial charge in [0.15, 0.2) is 0 Å². The number of aromatic nitrogens is 1. The van der Waals surface area contributed by atoms with Gasteiger partial charge in [0.25, 0.3) is 5.69 Å². The molecule has 1 aliphatic rings. The smallest absolute Gasteiger partial charge is 0.269 e. The van der Waals surface area contributed by atoms with Crippen molar-refractivity contribution in [3.05, 3.63) is 76.5 Å². The van der Waals surface area contributed by atoms with Crippen LogP contribution in [0.1, 0.15) is 31.2 Å². The van der Waals surface area contributed by atoms with Crippen LogP contribution in [0.15, 0.2) is 60.8 Å². The number of rotatable bonds is 4. The van der Waals surface area contributed by atoms with Gasteiger partial charge in [-0.25, -0.2) is 0 Å². The Morgan fingerprint density at radius 2 is 1.74 bits per heavy atom. The number of nitro groups is 1. The second-order valence-corrected chi connectivity index (χ2v) is 6.93. The molecule has 0 spiro atoms. The highest BCUT2D eigenvalue weighted by atomic mass is 16.6. The number of benzene rings is 2. The number of nitrogens with zero attached hydrogens (tertiary/aromatic N) is 2. The predicted molar refractivity (Wildman–Crippen MR) is 104 cm³/mol. The average molecular weight is 361 g/mol. The molecule has 6 nitrogen and oxygen atoms in total. The molecule has 6 heteroatoms. The van der Waals surface area contributed by atoms with Crippen molar-refractivity contribution >= 4 is 28.2 Å². The largest absolute Gasteiger partial charge is 0.323 e. The number of amides is 1. The third kappa shape index (κ3) is 3.03. The minimum Gasteiger partial charge on any atom is -0.323 e. The van der Waals surface area contributed by atoms with Crippen LogP contribution >= 0.6 is 0 Å². The van der Waals surface area contributed by atoms with Gasteiger partial charge in [-0.2, -0.15) is 0 Å². The number of non-ortho nitro benzene ring substituents is 1. The summed E-state index contributed by atoms with van der Waals surface area (Å²) in [5.74, 6) is -0.0768. The second-order valence-electron chi connectivity index (χ2n) is 6.93. The van der Waals surface area contributed by atoms with Crippen molar-refractivity contribution in [2.45, 2.75) is 31.1 Å². The topological polar surface area (TPSA) is 85.1 Å². The molecule has 27 heavy (non-hydrogen) atoms. The lowest BCUT2D eigenvalue weighted by atomic mass is 9.78. The summed E-state index contributed by atoms with van der Waals surface area (Å²) in [4.78, 5) is 28.2. The highest BCUT2D eigenvalue weighted by molar-refractivity contribution is 6.04. The van der Waals surface area contributed by atoms with Gasteiger partial charge in [-0.3, -0.25) is 19.9 Å². The molecule has 1 fully saturated rings. The number of para-hydroxylation sites is 1. The van der Waals surface area contributed by atoms with Crippen molar-refractivity contribution in [3.63, 3.8) is 0 Å². The molecule has 0 bridgehead atoms. The van der Waals surface area contributed by atoms with Crippen molar-refractivity contribution in [3.8, 4) is 0 Å². The minimum atomic E-state index is -0.661. The lowest BCUT2D eigenvalue weighted by molar-refractivity contribution is -0.384. The Morgan fingerprint density at radius 1 is 1.04 bits per heavy atom. The molecule has 136 valence electrons. The number of anilines is 1. The van der Waals surface area contributed by atoms with Crippen molar-refractivity contribution in [2.24, 2.45) is 0 Å². The summed E-state index contributed by atoms with van der Waals surface area (Å²) in [6, 6.07) is 15.9. The molecule has 1 aromatic heterocycles. The fraction of sp³-hybridized carbons (Fsp3) is 0.238. The lowest BCUT2D eigenvalue weighted by Gasteiger charge is -2.28. The Morgan fingerprint density at radius 3 is 2.44 bits per heavy atom. The number of hydrogen-bond acceptors (Lipinski definition) is 4. The first kappa shape index (κ1) is 17.1. The predicted octanol–water partition coefficient (Wildman–Crippen LogP) is 4.59. The summed E-state index contributed by atoms with van der Waals surface area (Å²) in [6.45, 7) is 0. The Labute approximate surface area is 156 Å². The summed E-state index contributed by atoms with van der Waals surface area (Å²) in [5, 5.41) is 15.0. The van der Waals surface area contributed by atoms with Gasteiger partial charge in [-0.05, 0) is 30.5 Å². The van der Waals surface area contributed by atoms with Crippen LogP contribution in [0.3, 0.4) is 0 Å². The number of carbonyl (C=O) groups excluding carboxylic acids is 1. The average Bonchev–Trinajstić information content (AvgIpc) is 3.19. The van der Waals surface area contributed by atoms with E-state index in [9.17, 15) is 14.9 Å². The van der Waals surface area contributed by atoms with Crippen molar-refractivity contribution in [2.75, 3.05) is 5.32 Å². The summed E-state index contributed by atoms with van der Waals surface area (Å²) < 4.78 is 0. The minimum absolute atomic E-state index is 0.0329. The van der Waals surface area contributed by atoms with E-state index in [0.717, 1.165) is 42.1 Å². The molecule has 0 aliphatic heterocycles. The summed E-state index contributed by atoms with van der Waals surface area (Å²) >= 11 is 0. The highest BCUT2D eigenvalue weighted by Crippen LogP contribution is 2.42. The van der Waals surface area contributed by atoms with E-state index in [1.165, 1.54) is 12.1 Å². The monoisotopic (exact) mass is 361 g/mol. The van der Waals surface area contributed by atoms with E-state index in [4.69, 9.17) is 0 Å². The van der Waals surface area contributed by atoms with E-state index in [-0.39, 0.29) is 11.6 Å². The fourth-order valence-corrected chi connectivity index (χ4v) is 3.97. The first-order valence-corrected chi connectivity index (χ1v) is 9.00. The molecular formula is C21H19N3O3. The zero-order chi connectivity index (χ0) is 18.9. The Bertz CT molecular complexity index is 1000. The fourth-order valence-electron chi connectivity index (χ4n) is 3.97. The van der Waals surface area contributed by atoms with Gasteiger partial charge in [0, 0.05) is 23.7 Å². The molecule has 3 aromatic rings. The van der Waals surface area contributed by atoms with Crippen LogP contribution in [0.2, 0.25) is 0 Å². The molecule has 1 saturated carbocycles. The van der Waals surface area contributed by atoms with Gasteiger partial charge in [0.1, 0.15) is 0 Å². The number of fused-ring (bicyclic) bond motifs is 1. The van der Waals surface area contributed by atoms with E-state index in [2.05, 4.69) is 10.3 Å². The molecule has 0 atom stereocenters. The van der Waals surface area contributed by atoms with Crippen LogP contribution in [-0.2, 0) is 10.2 Å². The zero-order valence-corrected chi connectivity index (χ0v) is 14.7. The van der Waals surface area contributed by atoms with Crippen LogP contribution in [0, 0.1) is 10.1 Å². The quantitative estimate of drug-likeness (QED) is 0.544. The Balaban J connectivity index is 1.69. The molecule has 1 N–H and O–H groups in total. The van der Waals surface area contributed by atoms with E-state index < -0.39 is 10.3 Å². The normalized spacial score (nSPS) is 15.6. The van der Waals surface area contributed by atoms with Crippen LogP contribution in [0.25, 0.3) is 10.9 Å². The molecule has 0 saturated heterocycles. The van der Waals surface area contributed by atoms with Gasteiger partial charge in [-0.15, -0.1) is 0 Å². The van der Waals surface area contributed by atoms with Gasteiger partial charge in [0.05, 0.1) is 21.5 Å². The SMILES string of the molecule is O=C(Nc1cccc2cccnc12)C1(c2ccc([N+](=O)[O-])cc2)CCCC1. The standard InChI is InChI=1S/C21H19N3O3/c25-20(23-18-7-3-5-15-6-4-14-22-19(15)18)21(12-1-2-13-21)16-8-10-17(11-9-16)24(26)27/h3-11,14H,1-2,12-13H2,(H,23,25). The van der Waals surface area contributed by atoms with Gasteiger partial charge in [-0.1, -0.05) is 43.2 Å². The molecule has 0 radical (unpaired) electrons. The summed E-state index contributed by atoms with van der Waals surface area (Å²) in [7, 11) is 0. The van der Waals surface area contributed by atoms with E-state index in [1.807, 2.05) is 30.3 Å². The first-order chi connectivity index (χ1) is 13.1. The third-order valence-corrected chi connectivity index (χ3v) is 5.40. The number of pyridine rings is 1. The molecule has 1 aliphatic carbocycles. The number of hydrogen-bond donors (Lipinski definition) is 1. The Hall–Kier alpha value is -3.28. The van der Waals surface area contributed by atoms with E-state index in [0.29, 0.717) is 5.69 Å². The Kier molecular flexibility index (Phi) is 4.32. The number of nitro benzene ring substituents is 1. The molecule has 2 aromatic carbocycles. The summed E-state index contributed by atoms with van der Waals surface area (Å²) in [5.41, 5.74) is 1.64. The summed E-state index contributed by atoms with van der Waals surface area (Å²) in [6.07, 6.45) is 5.08. The number of nitrogens with one attached hydrogen (secondary N) is 1. The van der Waals surface area contributed by atoms with Crippen LogP contribution < -0.4 is 5.32 Å². The maximum absolute atomic E-state index is 13.3. The van der Waals surface area contributed by atoms with E-state index in [1.54, 1.807) is 18.3 Å². The van der Waals surface area contributed by atoms with Crippen molar-refractivity contribution < 1.29 is 9.72 Å². The van der Waals surface area contributed by atoms with Crippen molar-refractivity contribution in [1.29, 1.82) is 0 Å². The maximum Gasteiger partial charge on any atom is 0.269 e. The van der Waals surface area contributed by atoms with Gasteiger partial charge >= 0.3 is 0 Å². The van der Waals surface area contributed by atoms with Gasteiger partial charge < -0.3 is 5.32 Å². The molecule has 1 amide bonds. The molecular weight excluding hydrogens is 342 g/mol. The lowest BCUT2D eigenvalue weighted by Crippen LogP contribution is -2.38. The highest BCUT2D eigenvalue weighted by Gasteiger charge is 2.43. The van der Waals surface area contributed by atoms with Crippen molar-refractivity contribution in [1.82, 2.24) is 4.98 Å². The van der Waals surface area contributed by atoms with Gasteiger partial charge in [0.2, 0.25) is 5.91 Å². The zero-order valence-electron chi connectivity index (χ0n) is 14.7.